The van der Waals surface area contributed by atoms with E-state index in [-0.39, 0.29) is 18.6 Å². The summed E-state index contributed by atoms with van der Waals surface area (Å²) in [7, 11) is 0. The molecule has 0 spiro atoms. The van der Waals surface area contributed by atoms with E-state index in [9.17, 15) is 15.0 Å². The van der Waals surface area contributed by atoms with Gasteiger partial charge >= 0.3 is 5.97 Å². The van der Waals surface area contributed by atoms with Crippen molar-refractivity contribution in [2.45, 2.75) is 135 Å². The van der Waals surface area contributed by atoms with E-state index in [1.807, 2.05) is 0 Å². The molecule has 4 heteroatoms. The van der Waals surface area contributed by atoms with E-state index in [1.165, 1.54) is 32.1 Å². The predicted molar refractivity (Wildman–Crippen MR) is 108 cm³/mol. The summed E-state index contributed by atoms with van der Waals surface area (Å²) in [6.45, 7) is 2.23. The van der Waals surface area contributed by atoms with Crippen molar-refractivity contribution in [2.24, 2.45) is 0 Å². The van der Waals surface area contributed by atoms with Crippen LogP contribution in [0, 0.1) is 0 Å². The van der Waals surface area contributed by atoms with Crippen LogP contribution in [-0.2, 0) is 4.79 Å². The zero-order chi connectivity index (χ0) is 19.5. The van der Waals surface area contributed by atoms with E-state index >= 15 is 0 Å². The molecular weight excluding hydrogens is 328 g/mol. The predicted octanol–water partition coefficient (Wildman–Crippen LogP) is 5.83. The molecule has 0 saturated heterocycles. The molecule has 3 N–H and O–H groups in total. The number of aliphatic hydroxyl groups excluding tert-OH is 2. The molecule has 0 unspecified atom stereocenters. The first kappa shape index (κ1) is 25.4. The van der Waals surface area contributed by atoms with Crippen molar-refractivity contribution < 1.29 is 20.1 Å². The maximum Gasteiger partial charge on any atom is 0.303 e. The van der Waals surface area contributed by atoms with Crippen molar-refractivity contribution in [1.82, 2.24) is 0 Å². The third-order valence-electron chi connectivity index (χ3n) is 5.14. The monoisotopic (exact) mass is 372 g/mol. The summed E-state index contributed by atoms with van der Waals surface area (Å²) in [6, 6.07) is 0. The highest BCUT2D eigenvalue weighted by atomic mass is 16.4. The SMILES string of the molecule is CCCCCCCC[C@H](O)CCCCCC[C@H](O)CCCCCC(=O)O. The van der Waals surface area contributed by atoms with Crippen molar-refractivity contribution in [1.29, 1.82) is 0 Å². The Kier molecular flexibility index (Phi) is 18.7. The molecule has 156 valence electrons. The quantitative estimate of drug-likeness (QED) is 0.235. The number of aliphatic carboxylic acids is 1. The van der Waals surface area contributed by atoms with Gasteiger partial charge in [-0.2, -0.15) is 0 Å². The Hall–Kier alpha value is -0.610. The minimum absolute atomic E-state index is 0.127. The van der Waals surface area contributed by atoms with Gasteiger partial charge in [0.15, 0.2) is 0 Å². The lowest BCUT2D eigenvalue weighted by atomic mass is 10.0. The average Bonchev–Trinajstić information content (AvgIpc) is 2.60. The standard InChI is InChI=1S/C22H44O4/c1-2-3-4-5-6-10-15-20(23)16-11-7-8-12-17-21(24)18-13-9-14-19-22(25)26/h20-21,23-24H,2-19H2,1H3,(H,25,26)/t20-,21-/m0/s1. The van der Waals surface area contributed by atoms with Crippen LogP contribution in [0.15, 0.2) is 0 Å². The maximum atomic E-state index is 10.4. The summed E-state index contributed by atoms with van der Waals surface area (Å²) in [5, 5.41) is 28.5. The van der Waals surface area contributed by atoms with Crippen molar-refractivity contribution in [3.8, 4) is 0 Å². The van der Waals surface area contributed by atoms with Crippen LogP contribution in [0.1, 0.15) is 122 Å². The first-order chi connectivity index (χ1) is 12.6. The molecule has 26 heavy (non-hydrogen) atoms. The van der Waals surface area contributed by atoms with Gasteiger partial charge in [-0.15, -0.1) is 0 Å². The summed E-state index contributed by atoms with van der Waals surface area (Å²) >= 11 is 0. The molecule has 0 aromatic rings. The molecule has 0 rings (SSSR count). The number of hydrogen-bond donors (Lipinski definition) is 3. The fourth-order valence-corrected chi connectivity index (χ4v) is 3.40. The molecule has 0 radical (unpaired) electrons. The molecule has 0 fully saturated rings. The van der Waals surface area contributed by atoms with E-state index in [0.29, 0.717) is 6.42 Å². The summed E-state index contributed by atoms with van der Waals surface area (Å²) in [6.07, 6.45) is 18.0. The van der Waals surface area contributed by atoms with Gasteiger partial charge in [-0.25, -0.2) is 0 Å². The second kappa shape index (κ2) is 19.2. The van der Waals surface area contributed by atoms with Crippen molar-refractivity contribution >= 4 is 5.97 Å². The second-order valence-corrected chi connectivity index (χ2v) is 7.85. The van der Waals surface area contributed by atoms with Crippen LogP contribution in [0.3, 0.4) is 0 Å². The van der Waals surface area contributed by atoms with Crippen LogP contribution in [0.5, 0.6) is 0 Å². The third-order valence-corrected chi connectivity index (χ3v) is 5.14. The molecule has 0 heterocycles. The number of aliphatic hydroxyl groups is 2. The number of carboxylic acids is 1. The first-order valence-corrected chi connectivity index (χ1v) is 11.1. The van der Waals surface area contributed by atoms with E-state index in [1.54, 1.807) is 0 Å². The van der Waals surface area contributed by atoms with Crippen molar-refractivity contribution in [3.05, 3.63) is 0 Å². The lowest BCUT2D eigenvalue weighted by Crippen LogP contribution is -2.07. The Bertz CT molecular complexity index is 307. The van der Waals surface area contributed by atoms with Gasteiger partial charge in [0.1, 0.15) is 0 Å². The fraction of sp³-hybridized carbons (Fsp3) is 0.955. The minimum atomic E-state index is -0.734. The second-order valence-electron chi connectivity index (χ2n) is 7.85. The summed E-state index contributed by atoms with van der Waals surface area (Å²) in [5.74, 6) is -0.734. The van der Waals surface area contributed by atoms with E-state index in [2.05, 4.69) is 6.92 Å². The number of unbranched alkanes of at least 4 members (excludes halogenated alkanes) is 10. The molecule has 0 amide bonds. The summed E-state index contributed by atoms with van der Waals surface area (Å²) < 4.78 is 0. The smallest absolute Gasteiger partial charge is 0.303 e. The highest BCUT2D eigenvalue weighted by Crippen LogP contribution is 2.15. The van der Waals surface area contributed by atoms with Crippen LogP contribution < -0.4 is 0 Å². The Balaban J connectivity index is 3.29. The van der Waals surface area contributed by atoms with E-state index in [4.69, 9.17) is 5.11 Å². The van der Waals surface area contributed by atoms with Gasteiger partial charge in [0.2, 0.25) is 0 Å². The number of rotatable bonds is 20. The van der Waals surface area contributed by atoms with Gasteiger partial charge in [0.05, 0.1) is 12.2 Å². The number of carboxylic acid groups (broad SMARTS) is 1. The van der Waals surface area contributed by atoms with Gasteiger partial charge in [0.25, 0.3) is 0 Å². The molecule has 0 bridgehead atoms. The fourth-order valence-electron chi connectivity index (χ4n) is 3.40. The van der Waals surface area contributed by atoms with Gasteiger partial charge in [0, 0.05) is 6.42 Å². The highest BCUT2D eigenvalue weighted by molar-refractivity contribution is 5.66. The normalized spacial score (nSPS) is 13.7. The maximum absolute atomic E-state index is 10.4. The van der Waals surface area contributed by atoms with Crippen LogP contribution >= 0.6 is 0 Å². The van der Waals surface area contributed by atoms with Crippen LogP contribution in [-0.4, -0.2) is 33.5 Å². The Morgan fingerprint density at radius 1 is 0.615 bits per heavy atom. The van der Waals surface area contributed by atoms with Crippen molar-refractivity contribution in [2.75, 3.05) is 0 Å². The summed E-state index contributed by atoms with van der Waals surface area (Å²) in [5.41, 5.74) is 0. The van der Waals surface area contributed by atoms with Gasteiger partial charge in [-0.1, -0.05) is 84.0 Å². The molecule has 0 aromatic heterocycles. The zero-order valence-electron chi connectivity index (χ0n) is 17.1. The lowest BCUT2D eigenvalue weighted by molar-refractivity contribution is -0.137. The number of carbonyl (C=O) groups is 1. The molecular formula is C22H44O4. The van der Waals surface area contributed by atoms with E-state index < -0.39 is 5.97 Å². The summed E-state index contributed by atoms with van der Waals surface area (Å²) in [4.78, 5) is 10.4. The van der Waals surface area contributed by atoms with Crippen LogP contribution in [0.4, 0.5) is 0 Å². The Morgan fingerprint density at radius 2 is 0.962 bits per heavy atom. The molecule has 2 atom stereocenters. The molecule has 0 aromatic carbocycles. The molecule has 0 saturated carbocycles. The minimum Gasteiger partial charge on any atom is -0.481 e. The largest absolute Gasteiger partial charge is 0.481 e. The molecule has 4 nitrogen and oxygen atoms in total. The Morgan fingerprint density at radius 3 is 1.35 bits per heavy atom. The third kappa shape index (κ3) is 19.7. The zero-order valence-corrected chi connectivity index (χ0v) is 17.1. The van der Waals surface area contributed by atoms with Gasteiger partial charge in [-0.05, 0) is 32.1 Å². The topological polar surface area (TPSA) is 77.8 Å². The van der Waals surface area contributed by atoms with Crippen LogP contribution in [0.2, 0.25) is 0 Å². The first-order valence-electron chi connectivity index (χ1n) is 11.1. The highest BCUT2D eigenvalue weighted by Gasteiger charge is 2.06. The molecule has 0 aliphatic rings. The van der Waals surface area contributed by atoms with Gasteiger partial charge in [-0.3, -0.25) is 4.79 Å². The number of hydrogen-bond acceptors (Lipinski definition) is 3. The Labute approximate surface area is 161 Å². The lowest BCUT2D eigenvalue weighted by Gasteiger charge is -2.11. The molecule has 0 aliphatic heterocycles. The van der Waals surface area contributed by atoms with Gasteiger partial charge < -0.3 is 15.3 Å². The van der Waals surface area contributed by atoms with E-state index in [0.717, 1.165) is 70.6 Å². The molecule has 0 aliphatic carbocycles. The van der Waals surface area contributed by atoms with Crippen molar-refractivity contribution in [3.63, 3.8) is 0 Å². The average molecular weight is 373 g/mol. The van der Waals surface area contributed by atoms with Crippen LogP contribution in [0.25, 0.3) is 0 Å².